The van der Waals surface area contributed by atoms with Crippen molar-refractivity contribution >= 4 is 11.5 Å². The Bertz CT molecular complexity index is 470. The first-order valence-electron chi connectivity index (χ1n) is 6.40. The van der Waals surface area contributed by atoms with Crippen LogP contribution in [0.15, 0.2) is 23.4 Å². The minimum absolute atomic E-state index is 0.0822. The number of nitrogens with zero attached hydrogens (tertiary/aromatic N) is 3. The predicted molar refractivity (Wildman–Crippen MR) is 73.2 cm³/mol. The second kappa shape index (κ2) is 5.88. The summed E-state index contributed by atoms with van der Waals surface area (Å²) in [6.45, 7) is 6.66. The molecule has 0 saturated carbocycles. The maximum absolute atomic E-state index is 14.1. The third-order valence-electron chi connectivity index (χ3n) is 3.51. The summed E-state index contributed by atoms with van der Waals surface area (Å²) < 4.78 is 14.1. The Morgan fingerprint density at radius 3 is 2.58 bits per heavy atom. The highest BCUT2D eigenvalue weighted by Gasteiger charge is 2.18. The standard InChI is InChI=1S/C13H19FN4O/c1-2-17-5-7-18(8-6-17)12-4-3-10(9-11(12)14)13(15)16-19/h3-4,9,19H,2,5-8H2,1H3,(H2,15,16). The van der Waals surface area contributed by atoms with E-state index in [2.05, 4.69) is 17.0 Å². The van der Waals surface area contributed by atoms with Crippen molar-refractivity contribution in [1.29, 1.82) is 0 Å². The molecule has 0 unspecified atom stereocenters. The highest BCUT2D eigenvalue weighted by Crippen LogP contribution is 2.22. The molecule has 0 aromatic heterocycles. The Morgan fingerprint density at radius 2 is 2.05 bits per heavy atom. The third kappa shape index (κ3) is 2.96. The lowest BCUT2D eigenvalue weighted by atomic mass is 10.1. The number of anilines is 1. The molecular formula is C13H19FN4O. The van der Waals surface area contributed by atoms with Crippen molar-refractivity contribution in [2.75, 3.05) is 37.6 Å². The Balaban J connectivity index is 2.14. The number of benzene rings is 1. The van der Waals surface area contributed by atoms with E-state index in [0.717, 1.165) is 32.7 Å². The summed E-state index contributed by atoms with van der Waals surface area (Å²) in [5.41, 5.74) is 6.40. The Kier molecular flexibility index (Phi) is 4.21. The Hall–Kier alpha value is -1.82. The molecule has 0 radical (unpaired) electrons. The normalized spacial score (nSPS) is 17.8. The maximum Gasteiger partial charge on any atom is 0.170 e. The van der Waals surface area contributed by atoms with Gasteiger partial charge < -0.3 is 20.7 Å². The zero-order chi connectivity index (χ0) is 13.8. The fraction of sp³-hybridized carbons (Fsp3) is 0.462. The van der Waals surface area contributed by atoms with Crippen LogP contribution >= 0.6 is 0 Å². The lowest BCUT2D eigenvalue weighted by molar-refractivity contribution is 0.270. The fourth-order valence-electron chi connectivity index (χ4n) is 2.29. The summed E-state index contributed by atoms with van der Waals surface area (Å²) in [6, 6.07) is 4.65. The van der Waals surface area contributed by atoms with E-state index in [1.54, 1.807) is 12.1 Å². The minimum atomic E-state index is -0.339. The van der Waals surface area contributed by atoms with E-state index in [9.17, 15) is 4.39 Å². The van der Waals surface area contributed by atoms with Crippen LogP contribution in [0.2, 0.25) is 0 Å². The summed E-state index contributed by atoms with van der Waals surface area (Å²) in [4.78, 5) is 4.36. The fourth-order valence-corrected chi connectivity index (χ4v) is 2.29. The molecule has 0 amide bonds. The molecule has 5 nitrogen and oxygen atoms in total. The van der Waals surface area contributed by atoms with E-state index in [1.807, 2.05) is 4.90 Å². The van der Waals surface area contributed by atoms with Crippen molar-refractivity contribution in [1.82, 2.24) is 4.90 Å². The minimum Gasteiger partial charge on any atom is -0.409 e. The van der Waals surface area contributed by atoms with Crippen molar-refractivity contribution in [2.24, 2.45) is 10.9 Å². The predicted octanol–water partition coefficient (Wildman–Crippen LogP) is 1.06. The molecule has 1 heterocycles. The molecule has 1 aromatic carbocycles. The van der Waals surface area contributed by atoms with Crippen LogP contribution < -0.4 is 10.6 Å². The summed E-state index contributed by atoms with van der Waals surface area (Å²) >= 11 is 0. The van der Waals surface area contributed by atoms with Gasteiger partial charge in [-0.1, -0.05) is 12.1 Å². The SMILES string of the molecule is CCN1CCN(c2ccc(/C(N)=N/O)cc2F)CC1. The van der Waals surface area contributed by atoms with E-state index < -0.39 is 0 Å². The number of amidine groups is 1. The summed E-state index contributed by atoms with van der Waals surface area (Å²) in [5, 5.41) is 11.4. The molecule has 0 atom stereocenters. The van der Waals surface area contributed by atoms with Crippen molar-refractivity contribution in [2.45, 2.75) is 6.92 Å². The zero-order valence-corrected chi connectivity index (χ0v) is 11.0. The van der Waals surface area contributed by atoms with Crippen LogP contribution in [0.3, 0.4) is 0 Å². The number of hydrogen-bond acceptors (Lipinski definition) is 4. The number of oxime groups is 1. The van der Waals surface area contributed by atoms with Gasteiger partial charge in [-0.3, -0.25) is 0 Å². The monoisotopic (exact) mass is 266 g/mol. The van der Waals surface area contributed by atoms with Crippen LogP contribution in [-0.4, -0.2) is 48.7 Å². The molecular weight excluding hydrogens is 247 g/mol. The molecule has 1 aliphatic rings. The number of likely N-dealkylation sites (N-methyl/N-ethyl adjacent to an activating group) is 1. The van der Waals surface area contributed by atoms with E-state index in [-0.39, 0.29) is 11.7 Å². The molecule has 0 spiro atoms. The molecule has 2 rings (SSSR count). The topological polar surface area (TPSA) is 65.1 Å². The van der Waals surface area contributed by atoms with Crippen molar-refractivity contribution < 1.29 is 9.60 Å². The average molecular weight is 266 g/mol. The van der Waals surface area contributed by atoms with E-state index in [0.29, 0.717) is 11.3 Å². The summed E-state index contributed by atoms with van der Waals surface area (Å²) in [6.07, 6.45) is 0. The number of hydrogen-bond donors (Lipinski definition) is 2. The van der Waals surface area contributed by atoms with Gasteiger partial charge >= 0.3 is 0 Å². The van der Waals surface area contributed by atoms with Gasteiger partial charge in [0.2, 0.25) is 0 Å². The molecule has 0 aliphatic carbocycles. The maximum atomic E-state index is 14.1. The van der Waals surface area contributed by atoms with Gasteiger partial charge in [0.05, 0.1) is 5.69 Å². The van der Waals surface area contributed by atoms with Crippen LogP contribution in [0.4, 0.5) is 10.1 Å². The van der Waals surface area contributed by atoms with Crippen LogP contribution in [0.1, 0.15) is 12.5 Å². The third-order valence-corrected chi connectivity index (χ3v) is 3.51. The molecule has 1 saturated heterocycles. The Labute approximate surface area is 112 Å². The second-order valence-corrected chi connectivity index (χ2v) is 4.57. The number of halogens is 1. The van der Waals surface area contributed by atoms with Gasteiger partial charge in [0, 0.05) is 31.7 Å². The first-order valence-corrected chi connectivity index (χ1v) is 6.40. The zero-order valence-electron chi connectivity index (χ0n) is 11.0. The molecule has 1 fully saturated rings. The van der Waals surface area contributed by atoms with Crippen LogP contribution in [-0.2, 0) is 0 Å². The van der Waals surface area contributed by atoms with Crippen molar-refractivity contribution in [3.05, 3.63) is 29.6 Å². The largest absolute Gasteiger partial charge is 0.409 e. The van der Waals surface area contributed by atoms with Gasteiger partial charge in [-0.05, 0) is 24.7 Å². The highest BCUT2D eigenvalue weighted by molar-refractivity contribution is 5.97. The lowest BCUT2D eigenvalue weighted by Crippen LogP contribution is -2.46. The van der Waals surface area contributed by atoms with Crippen molar-refractivity contribution in [3.8, 4) is 0 Å². The van der Waals surface area contributed by atoms with Crippen LogP contribution in [0.5, 0.6) is 0 Å². The molecule has 19 heavy (non-hydrogen) atoms. The van der Waals surface area contributed by atoms with E-state index in [4.69, 9.17) is 10.9 Å². The Morgan fingerprint density at radius 1 is 1.37 bits per heavy atom. The second-order valence-electron chi connectivity index (χ2n) is 4.57. The van der Waals surface area contributed by atoms with Gasteiger partial charge in [-0.15, -0.1) is 0 Å². The van der Waals surface area contributed by atoms with E-state index >= 15 is 0 Å². The first kappa shape index (κ1) is 13.6. The molecule has 104 valence electrons. The molecule has 3 N–H and O–H groups in total. The summed E-state index contributed by atoms with van der Waals surface area (Å²) in [5.74, 6) is -0.421. The van der Waals surface area contributed by atoms with Crippen LogP contribution in [0, 0.1) is 5.82 Å². The summed E-state index contributed by atoms with van der Waals surface area (Å²) in [7, 11) is 0. The van der Waals surface area contributed by atoms with Gasteiger partial charge in [0.25, 0.3) is 0 Å². The van der Waals surface area contributed by atoms with E-state index in [1.165, 1.54) is 6.07 Å². The number of piperazine rings is 1. The number of rotatable bonds is 3. The van der Waals surface area contributed by atoms with Gasteiger partial charge in [0.15, 0.2) is 5.84 Å². The average Bonchev–Trinajstić information content (AvgIpc) is 2.46. The van der Waals surface area contributed by atoms with Crippen molar-refractivity contribution in [3.63, 3.8) is 0 Å². The molecule has 1 aliphatic heterocycles. The van der Waals surface area contributed by atoms with Gasteiger partial charge in [-0.25, -0.2) is 4.39 Å². The van der Waals surface area contributed by atoms with Gasteiger partial charge in [-0.2, -0.15) is 0 Å². The molecule has 1 aromatic rings. The molecule has 0 bridgehead atoms. The van der Waals surface area contributed by atoms with Gasteiger partial charge in [0.1, 0.15) is 5.82 Å². The number of nitrogens with two attached hydrogens (primary N) is 1. The first-order chi connectivity index (χ1) is 9.15. The lowest BCUT2D eigenvalue weighted by Gasteiger charge is -2.35. The van der Waals surface area contributed by atoms with Crippen LogP contribution in [0.25, 0.3) is 0 Å². The molecule has 6 heteroatoms. The smallest absolute Gasteiger partial charge is 0.170 e. The highest BCUT2D eigenvalue weighted by atomic mass is 19.1. The quantitative estimate of drug-likeness (QED) is 0.372.